The van der Waals surface area contributed by atoms with Crippen LogP contribution in [0.5, 0.6) is 0 Å². The number of amides is 2. The summed E-state index contributed by atoms with van der Waals surface area (Å²) in [5.41, 5.74) is -6.34. The molecule has 1 atom stereocenters. The van der Waals surface area contributed by atoms with Gasteiger partial charge >= 0.3 is 30.1 Å². The Labute approximate surface area is 112 Å². The van der Waals surface area contributed by atoms with Gasteiger partial charge in [-0.3, -0.25) is 0 Å². The largest absolute Gasteiger partial charge is 0.429 e. The predicted molar refractivity (Wildman–Crippen MR) is 52.3 cm³/mol. The van der Waals surface area contributed by atoms with E-state index in [-0.39, 0.29) is 11.7 Å². The zero-order valence-corrected chi connectivity index (χ0v) is 10.6. The molecule has 0 saturated heterocycles. The second kappa shape index (κ2) is 5.79. The van der Waals surface area contributed by atoms with Crippen LogP contribution in [-0.2, 0) is 0 Å². The number of rotatable bonds is 3. The van der Waals surface area contributed by atoms with E-state index in [1.807, 2.05) is 0 Å². The van der Waals surface area contributed by atoms with E-state index in [1.54, 1.807) is 5.32 Å². The third-order valence-corrected chi connectivity index (χ3v) is 2.57. The van der Waals surface area contributed by atoms with Gasteiger partial charge in [0.25, 0.3) is 0 Å². The fourth-order valence-electron chi connectivity index (χ4n) is 1.23. The zero-order chi connectivity index (χ0) is 17.3. The van der Waals surface area contributed by atoms with Gasteiger partial charge in [-0.15, -0.1) is 0 Å². The first-order valence-electron chi connectivity index (χ1n) is 5.39. The highest BCUT2D eigenvalue weighted by atomic mass is 19.4. The van der Waals surface area contributed by atoms with E-state index in [1.165, 1.54) is 13.8 Å². The Bertz CT molecular complexity index is 335. The van der Waals surface area contributed by atoms with Crippen LogP contribution in [0.15, 0.2) is 0 Å². The summed E-state index contributed by atoms with van der Waals surface area (Å²) in [6, 6.07) is -3.14. The molecule has 0 fully saturated rings. The molecule has 2 N–H and O–H groups in total. The molecule has 2 amide bonds. The second-order valence-corrected chi connectivity index (χ2v) is 4.15. The fraction of sp³-hybridized carbons (Fsp3) is 0.889. The van der Waals surface area contributed by atoms with Crippen molar-refractivity contribution in [2.75, 3.05) is 0 Å². The number of carbonyl (C=O) groups excluding carboxylic acids is 1. The summed E-state index contributed by atoms with van der Waals surface area (Å²) in [6.45, 7) is 2.60. The Hall–Kier alpha value is -1.36. The number of hydrogen-bond acceptors (Lipinski definition) is 1. The summed E-state index contributed by atoms with van der Waals surface area (Å²) >= 11 is 0. The SMILES string of the molecule is CCC(C)NC(=O)NC(C(F)(F)F)(C(F)(F)F)C(F)(F)F. The van der Waals surface area contributed by atoms with Crippen molar-refractivity contribution < 1.29 is 44.3 Å². The topological polar surface area (TPSA) is 41.1 Å². The molecule has 0 aromatic heterocycles. The lowest BCUT2D eigenvalue weighted by molar-refractivity contribution is -0.386. The molecule has 0 aromatic carbocycles. The molecule has 0 aromatic rings. The molecule has 0 bridgehead atoms. The van der Waals surface area contributed by atoms with Gasteiger partial charge in [0.05, 0.1) is 0 Å². The van der Waals surface area contributed by atoms with Gasteiger partial charge in [0.2, 0.25) is 0 Å². The molecular formula is C9H11F9N2O. The Kier molecular flexibility index (Phi) is 5.42. The summed E-state index contributed by atoms with van der Waals surface area (Å²) in [7, 11) is 0. The standard InChI is InChI=1S/C9H11F9N2O/c1-3-4(2)19-5(21)20-6(7(10,11)12,8(13,14)15)9(16,17)18/h4H,3H2,1-2H3,(H2,19,20,21). The molecule has 12 heteroatoms. The van der Waals surface area contributed by atoms with E-state index in [4.69, 9.17) is 0 Å². The summed E-state index contributed by atoms with van der Waals surface area (Å²) in [5, 5.41) is 1.54. The van der Waals surface area contributed by atoms with E-state index in [0.717, 1.165) is 0 Å². The van der Waals surface area contributed by atoms with Crippen LogP contribution < -0.4 is 10.6 Å². The monoisotopic (exact) mass is 334 g/mol. The average Bonchev–Trinajstić information content (AvgIpc) is 2.20. The lowest BCUT2D eigenvalue weighted by Gasteiger charge is -2.38. The summed E-state index contributed by atoms with van der Waals surface area (Å²) in [4.78, 5) is 11.0. The number of nitrogens with one attached hydrogen (secondary N) is 2. The van der Waals surface area contributed by atoms with Crippen LogP contribution in [0.4, 0.5) is 44.3 Å². The first kappa shape index (κ1) is 19.6. The van der Waals surface area contributed by atoms with Gasteiger partial charge in [-0.1, -0.05) is 6.92 Å². The van der Waals surface area contributed by atoms with Gasteiger partial charge in [-0.25, -0.2) is 4.79 Å². The molecule has 0 radical (unpaired) electrons. The number of alkyl halides is 9. The first-order valence-corrected chi connectivity index (χ1v) is 5.39. The molecule has 1 unspecified atom stereocenters. The Morgan fingerprint density at radius 2 is 1.24 bits per heavy atom. The maximum absolute atomic E-state index is 12.5. The summed E-state index contributed by atoms with van der Waals surface area (Å²) in [5.74, 6) is 0. The lowest BCUT2D eigenvalue weighted by atomic mass is 9.97. The van der Waals surface area contributed by atoms with Crippen molar-refractivity contribution in [3.63, 3.8) is 0 Å². The molecule has 0 heterocycles. The fourth-order valence-corrected chi connectivity index (χ4v) is 1.23. The minimum absolute atomic E-state index is 0.00944. The number of halogens is 9. The van der Waals surface area contributed by atoms with Crippen molar-refractivity contribution >= 4 is 6.03 Å². The van der Waals surface area contributed by atoms with E-state index < -0.39 is 36.1 Å². The molecular weight excluding hydrogens is 323 g/mol. The quantitative estimate of drug-likeness (QED) is 0.762. The van der Waals surface area contributed by atoms with Gasteiger partial charge in [-0.05, 0) is 13.3 Å². The molecule has 21 heavy (non-hydrogen) atoms. The highest BCUT2D eigenvalue weighted by Crippen LogP contribution is 2.52. The normalized spacial score (nSPS) is 15.6. The van der Waals surface area contributed by atoms with Crippen LogP contribution in [0.25, 0.3) is 0 Å². The first-order chi connectivity index (χ1) is 9.10. The maximum Gasteiger partial charge on any atom is 0.429 e. The predicted octanol–water partition coefficient (Wildman–Crippen LogP) is 3.51. The maximum atomic E-state index is 12.5. The molecule has 0 spiro atoms. The van der Waals surface area contributed by atoms with Crippen LogP contribution in [0, 0.1) is 0 Å². The number of urea groups is 1. The number of carbonyl (C=O) groups is 1. The van der Waals surface area contributed by atoms with Gasteiger partial charge in [0, 0.05) is 6.04 Å². The van der Waals surface area contributed by atoms with E-state index in [9.17, 15) is 44.3 Å². The van der Waals surface area contributed by atoms with E-state index in [0.29, 0.717) is 0 Å². The van der Waals surface area contributed by atoms with Gasteiger partial charge in [-0.2, -0.15) is 39.5 Å². The highest BCUT2D eigenvalue weighted by Gasteiger charge is 2.84. The summed E-state index contributed by atoms with van der Waals surface area (Å²) in [6.07, 6.45) is -20.4. The van der Waals surface area contributed by atoms with Crippen LogP contribution in [0.2, 0.25) is 0 Å². The van der Waals surface area contributed by atoms with Crippen molar-refractivity contribution in [3.05, 3.63) is 0 Å². The number of hydrogen-bond donors (Lipinski definition) is 2. The lowest BCUT2D eigenvalue weighted by Crippen LogP contribution is -2.76. The van der Waals surface area contributed by atoms with Crippen molar-refractivity contribution in [3.8, 4) is 0 Å². The molecule has 0 aliphatic heterocycles. The third-order valence-electron chi connectivity index (χ3n) is 2.57. The molecule has 0 saturated carbocycles. The van der Waals surface area contributed by atoms with Crippen LogP contribution in [0.3, 0.4) is 0 Å². The smallest absolute Gasteiger partial charge is 0.336 e. The summed E-state index contributed by atoms with van der Waals surface area (Å²) < 4.78 is 112. The zero-order valence-electron chi connectivity index (χ0n) is 10.6. The Morgan fingerprint density at radius 1 is 0.905 bits per heavy atom. The van der Waals surface area contributed by atoms with Crippen molar-refractivity contribution in [2.24, 2.45) is 0 Å². The third kappa shape index (κ3) is 3.84. The van der Waals surface area contributed by atoms with Gasteiger partial charge in [0.15, 0.2) is 0 Å². The second-order valence-electron chi connectivity index (χ2n) is 4.15. The van der Waals surface area contributed by atoms with E-state index >= 15 is 0 Å². The molecule has 0 rings (SSSR count). The van der Waals surface area contributed by atoms with Gasteiger partial charge < -0.3 is 10.6 Å². The van der Waals surface area contributed by atoms with Crippen LogP contribution in [-0.4, -0.2) is 36.1 Å². The molecule has 0 aliphatic carbocycles. The minimum atomic E-state index is -6.82. The molecule has 0 aliphatic rings. The van der Waals surface area contributed by atoms with Crippen LogP contribution in [0.1, 0.15) is 20.3 Å². The van der Waals surface area contributed by atoms with Crippen LogP contribution >= 0.6 is 0 Å². The van der Waals surface area contributed by atoms with Gasteiger partial charge in [0.1, 0.15) is 0 Å². The van der Waals surface area contributed by atoms with E-state index in [2.05, 4.69) is 0 Å². The molecule has 3 nitrogen and oxygen atoms in total. The Morgan fingerprint density at radius 3 is 1.48 bits per heavy atom. The van der Waals surface area contributed by atoms with Crippen molar-refractivity contribution in [1.82, 2.24) is 10.6 Å². The highest BCUT2D eigenvalue weighted by molar-refractivity contribution is 5.75. The Balaban J connectivity index is 5.79. The molecule has 126 valence electrons. The average molecular weight is 334 g/mol. The minimum Gasteiger partial charge on any atom is -0.336 e. The van der Waals surface area contributed by atoms with Crippen molar-refractivity contribution in [2.45, 2.75) is 50.4 Å². The van der Waals surface area contributed by atoms with Crippen molar-refractivity contribution in [1.29, 1.82) is 0 Å².